The van der Waals surface area contributed by atoms with Gasteiger partial charge in [-0.1, -0.05) is 125 Å². The van der Waals surface area contributed by atoms with Crippen molar-refractivity contribution in [1.82, 2.24) is 101 Å². The summed E-state index contributed by atoms with van der Waals surface area (Å²) in [5.41, 5.74) is 11.5. The fourth-order valence-corrected chi connectivity index (χ4v) is 14.8. The van der Waals surface area contributed by atoms with E-state index in [4.69, 9.17) is 11.5 Å². The predicted octanol–water partition coefficient (Wildman–Crippen LogP) is -3.83. The van der Waals surface area contributed by atoms with Gasteiger partial charge in [-0.05, 0) is 140 Å². The van der Waals surface area contributed by atoms with Gasteiger partial charge >= 0.3 is 0 Å². The standard InChI is InChI=1S/C91H142N22O23/c1-16-56(100-73(119)45-95-76(122)65(36-38-71(92)117)108-84(130)67(41-48(10)11)111-90(136)91(15,24-9)112-87(133)62(22-7)105-86(132)69(47-115)110-82(128)60(20-5)104-85(131)68(98-51(14)116)42-52-31-26-25-27-32-52)78(124)101-57(17-2)77(123)97-49(12)74(120)96-50(13)75(121)107-63(23-8)89(135)113-40-30-35-70(113)88(134)106-61(21-6)80(126)102-58(18-3)79(125)103-59(19-4)81(127)109-66(37-39-72(93)118)83(129)99-54(46-114)43-53-44-94-64-34-29-28-33-55(53)64/h25-29,31-34,44,48-50,53-54,56-63,65-70,114-115H,16-24,30,35-43,45-47H2,1-15H3,(H2,92,117)(H2,93,118)(H,95,122)(H,96,120)(H,97,123)(H,98,116)(H,99,129)(H,100,119)(H,101,124)(H,102,126)(H,103,125)(H,104,131)(H,105,132)(H,106,134)(H,107,121)(H,108,130)(H,109,127)(H,110,128)(H,111,136)(H,112,133)/t49-,50-,53?,54?,56-,57-,58-,59-,60-,61-,62-,63-,65-,66-,67-,68-,69-,70-,91+/m0/s1. The topological polar surface area (TPSA) is 683 Å². The summed E-state index contributed by atoms with van der Waals surface area (Å²) in [6.07, 6.45) is 1.00. The van der Waals surface area contributed by atoms with E-state index in [9.17, 15) is 111 Å². The molecule has 2 aromatic rings. The first-order valence-corrected chi connectivity index (χ1v) is 46.5. The number of aliphatic hydroxyl groups is 2. The van der Waals surface area contributed by atoms with Crippen LogP contribution in [-0.4, -0.2) is 280 Å². The van der Waals surface area contributed by atoms with Crippen molar-refractivity contribution in [1.29, 1.82) is 0 Å². The van der Waals surface area contributed by atoms with Crippen LogP contribution in [0.5, 0.6) is 0 Å². The molecule has 2 aliphatic rings. The fraction of sp³-hybridized carbons (Fsp3) is 0.626. The van der Waals surface area contributed by atoms with Gasteiger partial charge in [0.2, 0.25) is 124 Å². The second-order valence-corrected chi connectivity index (χ2v) is 34.4. The summed E-state index contributed by atoms with van der Waals surface area (Å²) in [4.78, 5) is 290. The van der Waals surface area contributed by atoms with Gasteiger partial charge in [0.1, 0.15) is 102 Å². The first-order valence-electron chi connectivity index (χ1n) is 46.5. The number of nitrogens with zero attached hydrogens (tertiary/aromatic N) is 2. The lowest BCUT2D eigenvalue weighted by atomic mass is 9.94. The number of primary amides is 2. The second-order valence-electron chi connectivity index (χ2n) is 34.4. The van der Waals surface area contributed by atoms with E-state index in [0.29, 0.717) is 6.42 Å². The van der Waals surface area contributed by atoms with Gasteiger partial charge < -0.3 is 122 Å². The number of aliphatic imine (C=N–C) groups is 1. The van der Waals surface area contributed by atoms with Crippen molar-refractivity contribution in [3.8, 4) is 0 Å². The Morgan fingerprint density at radius 3 is 1.31 bits per heavy atom. The average molecular weight is 1910 g/mol. The molecule has 2 unspecified atom stereocenters. The Balaban J connectivity index is 1.29. The molecule has 136 heavy (non-hydrogen) atoms. The number of fused-ring (bicyclic) bond motifs is 1. The highest BCUT2D eigenvalue weighted by Gasteiger charge is 2.43. The molecular weight excluding hydrogens is 1770 g/mol. The largest absolute Gasteiger partial charge is 0.394 e. The molecule has 2 aromatic carbocycles. The lowest BCUT2D eigenvalue weighted by Gasteiger charge is -2.33. The molecule has 19 atom stereocenters. The van der Waals surface area contributed by atoms with Crippen LogP contribution in [0.1, 0.15) is 230 Å². The molecule has 45 heteroatoms. The van der Waals surface area contributed by atoms with Crippen molar-refractivity contribution in [3.05, 3.63) is 65.7 Å². The molecule has 45 nitrogen and oxygen atoms in total. The summed E-state index contributed by atoms with van der Waals surface area (Å²) in [6.45, 7) is 20.6. The maximum Gasteiger partial charge on any atom is 0.246 e. The van der Waals surface area contributed by atoms with Crippen molar-refractivity contribution < 1.29 is 111 Å². The van der Waals surface area contributed by atoms with Crippen molar-refractivity contribution in [2.45, 2.75) is 334 Å². The summed E-state index contributed by atoms with van der Waals surface area (Å²) < 4.78 is 0. The molecule has 0 radical (unpaired) electrons. The van der Waals surface area contributed by atoms with E-state index < -0.39 is 265 Å². The Bertz CT molecular complexity index is 4540. The van der Waals surface area contributed by atoms with E-state index in [2.05, 4.69) is 101 Å². The summed E-state index contributed by atoms with van der Waals surface area (Å²) in [6, 6.07) is -5.57. The van der Waals surface area contributed by atoms with Crippen LogP contribution in [0.25, 0.3) is 0 Å². The highest BCUT2D eigenvalue weighted by molar-refractivity contribution is 6.02. The quantitative estimate of drug-likeness (QED) is 0.0302. The van der Waals surface area contributed by atoms with Gasteiger partial charge in [-0.25, -0.2) is 0 Å². The number of carbonyl (C=O) groups excluding carboxylic acids is 21. The fourth-order valence-electron chi connectivity index (χ4n) is 14.8. The molecule has 0 saturated carbocycles. The molecular formula is C91H142N22O23. The van der Waals surface area contributed by atoms with E-state index in [1.807, 2.05) is 24.3 Å². The summed E-state index contributed by atoms with van der Waals surface area (Å²) in [7, 11) is 0. The van der Waals surface area contributed by atoms with Crippen LogP contribution in [0.3, 0.4) is 0 Å². The lowest BCUT2D eigenvalue weighted by molar-refractivity contribution is -0.142. The third-order valence-electron chi connectivity index (χ3n) is 23.3. The highest BCUT2D eigenvalue weighted by Crippen LogP contribution is 2.34. The van der Waals surface area contributed by atoms with E-state index >= 15 is 0 Å². The summed E-state index contributed by atoms with van der Waals surface area (Å²) >= 11 is 0. The molecule has 2 aliphatic heterocycles. The van der Waals surface area contributed by atoms with Gasteiger partial charge in [0.15, 0.2) is 0 Å². The second kappa shape index (κ2) is 57.6. The van der Waals surface area contributed by atoms with E-state index in [0.717, 1.165) is 16.8 Å². The Labute approximate surface area is 792 Å². The van der Waals surface area contributed by atoms with Crippen LogP contribution in [0.4, 0.5) is 5.69 Å². The molecule has 1 fully saturated rings. The Kier molecular flexibility index (Phi) is 48.8. The number of rotatable bonds is 59. The van der Waals surface area contributed by atoms with Gasteiger partial charge in [0.25, 0.3) is 0 Å². The van der Waals surface area contributed by atoms with Gasteiger partial charge in [0, 0.05) is 44.9 Å². The maximum absolute atomic E-state index is 14.3. The molecule has 1 saturated heterocycles. The van der Waals surface area contributed by atoms with Gasteiger partial charge in [-0.3, -0.25) is 106 Å². The van der Waals surface area contributed by atoms with Crippen molar-refractivity contribution >= 4 is 136 Å². The van der Waals surface area contributed by atoms with Crippen molar-refractivity contribution in [2.75, 3.05) is 26.3 Å². The SMILES string of the molecule is CC[C@H](NC(=O)CNC(=O)[C@H](CCC(N)=O)NC(=O)[C@H](CC(C)C)NC(=O)[C@@](C)(CC)NC(=O)[C@H](CC)NC(=O)[C@H](CO)NC(=O)[C@H](CC)NC(=O)[C@H](Cc1ccccc1)NC(C)=O)C(=O)N[C@@H](CC)C(=O)N[C@@H](C)C(=O)N[C@@H](C)C(=O)N[C@@H](CC)C(=O)N1CCC[C@H]1C(=O)N[C@@H](CC)C(=O)N[C@@H](CC)C(=O)N[C@@H](CC)C(=O)N[C@@H](CCC(N)=O)C(=O)NC(CO)CC1C=Nc2ccccc21. The van der Waals surface area contributed by atoms with Crippen molar-refractivity contribution in [2.24, 2.45) is 22.4 Å². The number of likely N-dealkylation sites (tertiary alicyclic amines) is 1. The van der Waals surface area contributed by atoms with Crippen LogP contribution in [0.15, 0.2) is 59.6 Å². The first kappa shape index (κ1) is 115. The van der Waals surface area contributed by atoms with Crippen LogP contribution in [0.2, 0.25) is 0 Å². The minimum Gasteiger partial charge on any atom is -0.394 e. The normalized spacial score (nSPS) is 17.0. The Morgan fingerprint density at radius 2 is 0.838 bits per heavy atom. The number of hydrogen-bond donors (Lipinski definition) is 22. The number of para-hydroxylation sites is 1. The average Bonchev–Trinajstić information content (AvgIpc) is 1.24. The van der Waals surface area contributed by atoms with Crippen LogP contribution >= 0.6 is 0 Å². The van der Waals surface area contributed by atoms with E-state index in [-0.39, 0.29) is 115 Å². The van der Waals surface area contributed by atoms with Gasteiger partial charge in [-0.15, -0.1) is 0 Å². The lowest BCUT2D eigenvalue weighted by Crippen LogP contribution is -2.64. The number of carbonyl (C=O) groups is 21. The monoisotopic (exact) mass is 1910 g/mol. The maximum atomic E-state index is 14.3. The first-order chi connectivity index (χ1) is 64.3. The minimum atomic E-state index is -1.79. The predicted molar refractivity (Wildman–Crippen MR) is 497 cm³/mol. The van der Waals surface area contributed by atoms with E-state index in [1.165, 1.54) is 53.4 Å². The molecule has 0 aromatic heterocycles. The molecule has 0 spiro atoms. The molecule has 0 bridgehead atoms. The number of amides is 21. The zero-order valence-electron chi connectivity index (χ0n) is 80.3. The minimum absolute atomic E-state index is 0.0156. The van der Waals surface area contributed by atoms with Crippen LogP contribution in [-0.2, 0) is 107 Å². The van der Waals surface area contributed by atoms with Crippen LogP contribution in [0, 0.1) is 5.92 Å². The third-order valence-corrected chi connectivity index (χ3v) is 23.3. The zero-order chi connectivity index (χ0) is 102. The summed E-state index contributed by atoms with van der Waals surface area (Å²) in [5, 5.41) is 66.5. The molecule has 2 heterocycles. The van der Waals surface area contributed by atoms with Crippen molar-refractivity contribution in [3.63, 3.8) is 0 Å². The van der Waals surface area contributed by atoms with E-state index in [1.54, 1.807) is 91.9 Å². The number of nitrogens with one attached hydrogen (secondary N) is 18. The molecule has 24 N–H and O–H groups in total. The Hall–Kier alpha value is -13.1. The number of benzene rings is 2. The van der Waals surface area contributed by atoms with Gasteiger partial charge in [-0.2, -0.15) is 0 Å². The highest BCUT2D eigenvalue weighted by atomic mass is 16.3. The Morgan fingerprint density at radius 1 is 0.434 bits per heavy atom. The number of aliphatic hydroxyl groups excluding tert-OH is 2. The molecule has 4 rings (SSSR count). The molecule has 754 valence electrons. The number of hydrogen-bond acceptors (Lipinski definition) is 24. The molecule has 0 aliphatic carbocycles. The smallest absolute Gasteiger partial charge is 0.246 e. The van der Waals surface area contributed by atoms with Gasteiger partial charge in [0.05, 0.1) is 31.5 Å². The molecule has 21 amide bonds. The van der Waals surface area contributed by atoms with Crippen LogP contribution < -0.4 is 107 Å². The zero-order valence-corrected chi connectivity index (χ0v) is 80.3. The third kappa shape index (κ3) is 36.6. The summed E-state index contributed by atoms with van der Waals surface area (Å²) in [5.74, 6) is -17.7. The number of nitrogens with two attached hydrogens (primary N) is 2.